The Balaban J connectivity index is 2.77. The number of nitrogens with one attached hydrogen (secondary N) is 1. The lowest BCUT2D eigenvalue weighted by molar-refractivity contribution is -0.133. The number of carbonyl (C=O) groups excluding carboxylic acids is 2. The van der Waals surface area contributed by atoms with Gasteiger partial charge in [-0.3, -0.25) is 19.2 Å². The Kier molecular flexibility index (Phi) is 11.6. The Labute approximate surface area is 176 Å². The molecule has 0 bridgehead atoms. The van der Waals surface area contributed by atoms with Gasteiger partial charge < -0.3 is 19.8 Å². The first-order chi connectivity index (χ1) is 14.4. The number of hydrogen-bond donors (Lipinski definition) is 2. The van der Waals surface area contributed by atoms with Gasteiger partial charge >= 0.3 is 7.75 Å². The average Bonchev–Trinajstić information content (AvgIpc) is 2.76. The second-order valence-electron chi connectivity index (χ2n) is 6.01. The number of nitrogens with two attached hydrogens (primary N) is 1. The maximum Gasteiger partial charge on any atom is 0.459 e. The van der Waals surface area contributed by atoms with Crippen LogP contribution in [-0.2, 0) is 23.4 Å². The molecule has 1 rings (SSSR count). The Hall–Kier alpha value is -2.52. The highest BCUT2D eigenvalue weighted by atomic mass is 31.2. The molecule has 30 heavy (non-hydrogen) atoms. The van der Waals surface area contributed by atoms with Crippen LogP contribution >= 0.6 is 7.75 Å². The van der Waals surface area contributed by atoms with E-state index in [1.54, 1.807) is 37.3 Å². The van der Waals surface area contributed by atoms with Crippen molar-refractivity contribution in [2.75, 3.05) is 20.2 Å². The molecule has 1 aromatic carbocycles. The van der Waals surface area contributed by atoms with Gasteiger partial charge in [-0.2, -0.15) is 0 Å². The van der Waals surface area contributed by atoms with Crippen molar-refractivity contribution in [1.82, 2.24) is 9.99 Å². The van der Waals surface area contributed by atoms with E-state index in [1.807, 2.05) is 6.92 Å². The van der Waals surface area contributed by atoms with Crippen LogP contribution in [0.15, 0.2) is 47.6 Å². The quantitative estimate of drug-likeness (QED) is 0.139. The maximum atomic E-state index is 13.0. The van der Waals surface area contributed by atoms with E-state index in [9.17, 15) is 14.2 Å². The number of aldehydes is 1. The number of hydrogen-bond acceptors (Lipinski definition) is 7. The molecule has 3 atom stereocenters. The molecule has 0 aliphatic heterocycles. The summed E-state index contributed by atoms with van der Waals surface area (Å²) in [6.07, 6.45) is 3.43. The number of amides is 1. The van der Waals surface area contributed by atoms with Gasteiger partial charge in [-0.1, -0.05) is 25.1 Å². The second kappa shape index (κ2) is 13.7. The van der Waals surface area contributed by atoms with E-state index >= 15 is 0 Å². The third-order valence-corrected chi connectivity index (χ3v) is 5.34. The van der Waals surface area contributed by atoms with E-state index in [0.29, 0.717) is 24.9 Å². The molecule has 0 aliphatic carbocycles. The van der Waals surface area contributed by atoms with Crippen molar-refractivity contribution in [2.24, 2.45) is 10.7 Å². The van der Waals surface area contributed by atoms with Gasteiger partial charge in [0, 0.05) is 13.2 Å². The minimum atomic E-state index is -3.82. The molecule has 0 saturated heterocycles. The predicted octanol–water partition coefficient (Wildman–Crippen LogP) is 2.08. The second-order valence-corrected chi connectivity index (χ2v) is 7.76. The molecular formula is C19H29N4O6P. The smallest absolute Gasteiger partial charge is 0.413 e. The number of para-hydroxylation sites is 1. The van der Waals surface area contributed by atoms with Crippen molar-refractivity contribution in [3.63, 3.8) is 0 Å². The zero-order chi connectivity index (χ0) is 22.4. The van der Waals surface area contributed by atoms with Gasteiger partial charge in [0.25, 0.3) is 0 Å². The lowest BCUT2D eigenvalue weighted by Crippen LogP contribution is -2.35. The topological polar surface area (TPSA) is 133 Å². The van der Waals surface area contributed by atoms with E-state index in [2.05, 4.69) is 10.1 Å². The molecular weight excluding hydrogens is 411 g/mol. The lowest BCUT2D eigenvalue weighted by atomic mass is 10.3. The highest BCUT2D eigenvalue weighted by molar-refractivity contribution is 7.52. The minimum Gasteiger partial charge on any atom is -0.413 e. The number of aliphatic imine (C=N–C) groups is 1. The molecule has 3 unspecified atom stereocenters. The zero-order valence-electron chi connectivity index (χ0n) is 17.3. The summed E-state index contributed by atoms with van der Waals surface area (Å²) < 4.78 is 29.8. The highest BCUT2D eigenvalue weighted by Crippen LogP contribution is 2.44. The molecule has 0 aliphatic rings. The molecule has 0 saturated carbocycles. The van der Waals surface area contributed by atoms with E-state index in [4.69, 9.17) is 19.5 Å². The highest BCUT2D eigenvalue weighted by Gasteiger charge is 2.28. The van der Waals surface area contributed by atoms with Gasteiger partial charge in [-0.05, 0) is 31.6 Å². The van der Waals surface area contributed by atoms with Crippen molar-refractivity contribution in [3.8, 4) is 5.75 Å². The summed E-state index contributed by atoms with van der Waals surface area (Å²) in [5, 5.41) is 2.48. The average molecular weight is 440 g/mol. The van der Waals surface area contributed by atoms with E-state index in [0.717, 1.165) is 0 Å². The number of rotatable bonds is 15. The molecule has 166 valence electrons. The first-order valence-electron chi connectivity index (χ1n) is 9.34. The molecule has 3 N–H and O–H groups in total. The summed E-state index contributed by atoms with van der Waals surface area (Å²) >= 11 is 0. The van der Waals surface area contributed by atoms with Crippen molar-refractivity contribution < 1.29 is 27.9 Å². The summed E-state index contributed by atoms with van der Waals surface area (Å²) in [6, 6.07) is 8.46. The van der Waals surface area contributed by atoms with Crippen LogP contribution in [0.1, 0.15) is 20.3 Å². The lowest BCUT2D eigenvalue weighted by Gasteiger charge is -2.27. The fourth-order valence-electron chi connectivity index (χ4n) is 2.14. The van der Waals surface area contributed by atoms with E-state index in [-0.39, 0.29) is 19.0 Å². The van der Waals surface area contributed by atoms with Gasteiger partial charge in [0.15, 0.2) is 0 Å². The maximum absolute atomic E-state index is 13.0. The molecule has 0 radical (unpaired) electrons. The predicted molar refractivity (Wildman–Crippen MR) is 114 cm³/mol. The molecule has 1 amide bonds. The van der Waals surface area contributed by atoms with Crippen molar-refractivity contribution in [3.05, 3.63) is 42.6 Å². The van der Waals surface area contributed by atoms with Crippen molar-refractivity contribution in [2.45, 2.75) is 32.6 Å². The Morgan fingerprint density at radius 1 is 1.33 bits per heavy atom. The van der Waals surface area contributed by atoms with Crippen LogP contribution < -0.4 is 15.3 Å². The standard InChI is InChI=1S/C19H29N4O6P/c1-4-17(28-16(2)23(15-25)12-10-19(20)21-3)14-27-30(26,22-11-13-24)29-18-8-6-5-7-9-18/h5-10,12-13,15-17H,4,11,14H2,1-3H3,(H2,20,21)(H,22,26)/b12-10-. The molecule has 0 spiro atoms. The van der Waals surface area contributed by atoms with Crippen LogP contribution in [0.5, 0.6) is 5.75 Å². The number of benzene rings is 1. The molecule has 1 aromatic rings. The Morgan fingerprint density at radius 2 is 2.03 bits per heavy atom. The van der Waals surface area contributed by atoms with Crippen molar-refractivity contribution >= 4 is 26.3 Å². The minimum absolute atomic E-state index is 0.0915. The van der Waals surface area contributed by atoms with Crippen LogP contribution in [-0.4, -0.2) is 56.0 Å². The third kappa shape index (κ3) is 9.32. The summed E-state index contributed by atoms with van der Waals surface area (Å²) in [5.74, 6) is 0.582. The van der Waals surface area contributed by atoms with Crippen LogP contribution in [0.2, 0.25) is 0 Å². The fourth-order valence-corrected chi connectivity index (χ4v) is 3.40. The largest absolute Gasteiger partial charge is 0.459 e. The number of amidine groups is 1. The number of ether oxygens (including phenoxy) is 1. The summed E-state index contributed by atoms with van der Waals surface area (Å²) in [7, 11) is -2.29. The van der Waals surface area contributed by atoms with Crippen molar-refractivity contribution in [1.29, 1.82) is 0 Å². The molecule has 0 aromatic heterocycles. The van der Waals surface area contributed by atoms with Gasteiger partial charge in [-0.15, -0.1) is 0 Å². The van der Waals surface area contributed by atoms with E-state index in [1.165, 1.54) is 24.2 Å². The van der Waals surface area contributed by atoms with Crippen LogP contribution in [0, 0.1) is 0 Å². The van der Waals surface area contributed by atoms with E-state index < -0.39 is 20.1 Å². The SMILES string of the molecule is CCC(COP(=O)(NCC=O)Oc1ccccc1)OC(C)N(C=O)/C=C\C(N)=N/C. The normalized spacial score (nSPS) is 15.9. The summed E-state index contributed by atoms with van der Waals surface area (Å²) in [6.45, 7) is 3.23. The summed E-state index contributed by atoms with van der Waals surface area (Å²) in [4.78, 5) is 27.1. The van der Waals surface area contributed by atoms with Crippen LogP contribution in [0.4, 0.5) is 0 Å². The monoisotopic (exact) mass is 440 g/mol. The molecule has 11 heteroatoms. The van der Waals surface area contributed by atoms with Crippen LogP contribution in [0.25, 0.3) is 0 Å². The molecule has 0 fully saturated rings. The molecule has 10 nitrogen and oxygen atoms in total. The van der Waals surface area contributed by atoms with Gasteiger partial charge in [0.05, 0.1) is 19.3 Å². The van der Waals surface area contributed by atoms with Gasteiger partial charge in [0.2, 0.25) is 6.41 Å². The molecule has 0 heterocycles. The zero-order valence-corrected chi connectivity index (χ0v) is 18.2. The summed E-state index contributed by atoms with van der Waals surface area (Å²) in [5.41, 5.74) is 5.59. The fraction of sp³-hybridized carbons (Fsp3) is 0.421. The number of nitrogens with zero attached hydrogens (tertiary/aromatic N) is 2. The Bertz CT molecular complexity index is 759. The number of carbonyl (C=O) groups is 2. The third-order valence-electron chi connectivity index (χ3n) is 3.83. The van der Waals surface area contributed by atoms with Gasteiger partial charge in [-0.25, -0.2) is 9.65 Å². The Morgan fingerprint density at radius 3 is 2.60 bits per heavy atom. The van der Waals surface area contributed by atoms with Gasteiger partial charge in [0.1, 0.15) is 24.1 Å². The first-order valence-corrected chi connectivity index (χ1v) is 10.9. The van der Waals surface area contributed by atoms with Crippen LogP contribution in [0.3, 0.4) is 0 Å². The first kappa shape index (κ1) is 25.5.